The predicted octanol–water partition coefficient (Wildman–Crippen LogP) is 1.45. The van der Waals surface area contributed by atoms with E-state index >= 15 is 0 Å². The van der Waals surface area contributed by atoms with Crippen LogP contribution in [0.1, 0.15) is 18.4 Å². The van der Waals surface area contributed by atoms with Crippen LogP contribution >= 0.6 is 0 Å². The van der Waals surface area contributed by atoms with Gasteiger partial charge in [0.25, 0.3) is 0 Å². The fourth-order valence-corrected chi connectivity index (χ4v) is 3.44. The molecule has 0 amide bonds. The molecule has 1 aromatic carbocycles. The number of carboxylic acid groups (broad SMARTS) is 1. The van der Waals surface area contributed by atoms with E-state index in [-0.39, 0.29) is 18.2 Å². The summed E-state index contributed by atoms with van der Waals surface area (Å²) in [7, 11) is -3.71. The first-order chi connectivity index (χ1) is 9.37. The number of benzene rings is 1. The van der Waals surface area contributed by atoms with Gasteiger partial charge in [-0.1, -0.05) is 12.1 Å². The number of hydrogen-bond donors (Lipinski definition) is 1. The second-order valence-corrected chi connectivity index (χ2v) is 6.98. The molecule has 1 fully saturated rings. The molecular formula is C13H16FNO4S. The second kappa shape index (κ2) is 5.88. The quantitative estimate of drug-likeness (QED) is 0.827. The molecule has 0 heterocycles. The van der Waals surface area contributed by atoms with Gasteiger partial charge in [-0.25, -0.2) is 12.8 Å². The molecule has 110 valence electrons. The van der Waals surface area contributed by atoms with Gasteiger partial charge in [0, 0.05) is 6.54 Å². The summed E-state index contributed by atoms with van der Waals surface area (Å²) in [4.78, 5) is 10.8. The lowest BCUT2D eigenvalue weighted by molar-refractivity contribution is -0.137. The van der Waals surface area contributed by atoms with Gasteiger partial charge < -0.3 is 5.11 Å². The van der Waals surface area contributed by atoms with Crippen LogP contribution in [0, 0.1) is 11.7 Å². The Morgan fingerprint density at radius 2 is 1.90 bits per heavy atom. The maximum atomic E-state index is 12.8. The molecule has 0 radical (unpaired) electrons. The van der Waals surface area contributed by atoms with Crippen molar-refractivity contribution in [3.8, 4) is 0 Å². The van der Waals surface area contributed by atoms with E-state index in [9.17, 15) is 17.6 Å². The van der Waals surface area contributed by atoms with Crippen LogP contribution in [0.2, 0.25) is 0 Å². The highest BCUT2D eigenvalue weighted by Gasteiger charge is 2.31. The molecule has 1 aliphatic rings. The van der Waals surface area contributed by atoms with Crippen molar-refractivity contribution in [3.63, 3.8) is 0 Å². The first-order valence-corrected chi connectivity index (χ1v) is 7.92. The number of sulfonamides is 1. The molecule has 0 bridgehead atoms. The van der Waals surface area contributed by atoms with Crippen molar-refractivity contribution in [3.05, 3.63) is 35.6 Å². The van der Waals surface area contributed by atoms with Crippen molar-refractivity contribution in [2.75, 3.05) is 13.1 Å². The Morgan fingerprint density at radius 3 is 2.40 bits per heavy atom. The van der Waals surface area contributed by atoms with Gasteiger partial charge in [-0.3, -0.25) is 4.79 Å². The van der Waals surface area contributed by atoms with Gasteiger partial charge in [0.2, 0.25) is 10.0 Å². The Bertz CT molecular complexity index is 581. The minimum absolute atomic E-state index is 0.246. The van der Waals surface area contributed by atoms with Gasteiger partial charge in [0.05, 0.1) is 5.75 Å². The summed E-state index contributed by atoms with van der Waals surface area (Å²) < 4.78 is 38.3. The van der Waals surface area contributed by atoms with E-state index in [2.05, 4.69) is 0 Å². The molecule has 1 N–H and O–H groups in total. The van der Waals surface area contributed by atoms with E-state index in [0.717, 1.165) is 17.1 Å². The normalized spacial score (nSPS) is 15.5. The number of aliphatic carboxylic acids is 1. The summed E-state index contributed by atoms with van der Waals surface area (Å²) in [5.41, 5.74) is 0.442. The summed E-state index contributed by atoms with van der Waals surface area (Å²) in [6.07, 6.45) is 1.87. The van der Waals surface area contributed by atoms with Crippen LogP contribution in [0.4, 0.5) is 4.39 Å². The third-order valence-corrected chi connectivity index (χ3v) is 4.89. The van der Waals surface area contributed by atoms with Gasteiger partial charge in [0.15, 0.2) is 0 Å². The number of hydrogen-bond acceptors (Lipinski definition) is 3. The summed E-state index contributed by atoms with van der Waals surface area (Å²) in [5.74, 6) is -1.66. The first kappa shape index (κ1) is 14.9. The molecule has 20 heavy (non-hydrogen) atoms. The monoisotopic (exact) mass is 301 g/mol. The molecule has 7 heteroatoms. The van der Waals surface area contributed by atoms with Gasteiger partial charge in [-0.05, 0) is 36.5 Å². The maximum absolute atomic E-state index is 12.8. The van der Waals surface area contributed by atoms with E-state index in [1.165, 1.54) is 24.3 Å². The average Bonchev–Trinajstić information content (AvgIpc) is 3.14. The molecule has 1 aliphatic carbocycles. The lowest BCUT2D eigenvalue weighted by Crippen LogP contribution is -2.37. The summed E-state index contributed by atoms with van der Waals surface area (Å²) in [5, 5.41) is 8.83. The van der Waals surface area contributed by atoms with Crippen molar-refractivity contribution in [1.82, 2.24) is 4.31 Å². The largest absolute Gasteiger partial charge is 0.480 e. The number of nitrogens with zero attached hydrogens (tertiary/aromatic N) is 1. The molecule has 0 aliphatic heterocycles. The van der Waals surface area contributed by atoms with Crippen LogP contribution in [0.25, 0.3) is 0 Å². The predicted molar refractivity (Wildman–Crippen MR) is 71.0 cm³/mol. The Labute approximate surface area is 117 Å². The van der Waals surface area contributed by atoms with Crippen LogP contribution in [-0.2, 0) is 20.6 Å². The molecule has 5 nitrogen and oxygen atoms in total. The zero-order valence-corrected chi connectivity index (χ0v) is 11.6. The zero-order chi connectivity index (χ0) is 14.8. The summed E-state index contributed by atoms with van der Waals surface area (Å²) in [6, 6.07) is 5.16. The topological polar surface area (TPSA) is 74.7 Å². The summed E-state index contributed by atoms with van der Waals surface area (Å²) in [6.45, 7) is -0.282. The average molecular weight is 301 g/mol. The third-order valence-electron chi connectivity index (χ3n) is 3.13. The van der Waals surface area contributed by atoms with Crippen molar-refractivity contribution in [2.24, 2.45) is 5.92 Å². The highest BCUT2D eigenvalue weighted by Crippen LogP contribution is 2.30. The Kier molecular flexibility index (Phi) is 4.39. The van der Waals surface area contributed by atoms with E-state index in [0.29, 0.717) is 5.56 Å². The molecule has 0 aromatic heterocycles. The van der Waals surface area contributed by atoms with Crippen LogP contribution in [0.15, 0.2) is 24.3 Å². The number of rotatable bonds is 7. The minimum atomic E-state index is -3.71. The lowest BCUT2D eigenvalue weighted by Gasteiger charge is -2.20. The minimum Gasteiger partial charge on any atom is -0.480 e. The molecule has 1 saturated carbocycles. The highest BCUT2D eigenvalue weighted by atomic mass is 32.2. The van der Waals surface area contributed by atoms with Crippen molar-refractivity contribution >= 4 is 16.0 Å². The molecule has 2 rings (SSSR count). The molecule has 0 atom stereocenters. The molecular weight excluding hydrogens is 285 g/mol. The molecule has 1 aromatic rings. The van der Waals surface area contributed by atoms with Gasteiger partial charge in [0.1, 0.15) is 12.4 Å². The number of halogens is 1. The standard InChI is InChI=1S/C13H16FNO4S/c14-12-5-3-11(4-6-12)9-20(18,19)15(8-13(16)17)7-10-1-2-10/h3-6,10H,1-2,7-9H2,(H,16,17). The summed E-state index contributed by atoms with van der Waals surface area (Å²) >= 11 is 0. The van der Waals surface area contributed by atoms with E-state index in [4.69, 9.17) is 5.11 Å². The van der Waals surface area contributed by atoms with Crippen LogP contribution in [0.5, 0.6) is 0 Å². The number of carbonyl (C=O) groups is 1. The fourth-order valence-electron chi connectivity index (χ4n) is 1.90. The first-order valence-electron chi connectivity index (χ1n) is 6.31. The van der Waals surface area contributed by atoms with Gasteiger partial charge in [-0.2, -0.15) is 4.31 Å². The van der Waals surface area contributed by atoms with Crippen LogP contribution in [0.3, 0.4) is 0 Å². The molecule has 0 unspecified atom stereocenters. The van der Waals surface area contributed by atoms with E-state index in [1.807, 2.05) is 0 Å². The number of carboxylic acids is 1. The van der Waals surface area contributed by atoms with Gasteiger partial charge in [-0.15, -0.1) is 0 Å². The van der Waals surface area contributed by atoms with Crippen LogP contribution < -0.4 is 0 Å². The van der Waals surface area contributed by atoms with E-state index in [1.54, 1.807) is 0 Å². The maximum Gasteiger partial charge on any atom is 0.318 e. The van der Waals surface area contributed by atoms with Crippen molar-refractivity contribution < 1.29 is 22.7 Å². The molecule has 0 spiro atoms. The van der Waals surface area contributed by atoms with Crippen molar-refractivity contribution in [1.29, 1.82) is 0 Å². The van der Waals surface area contributed by atoms with Crippen molar-refractivity contribution in [2.45, 2.75) is 18.6 Å². The van der Waals surface area contributed by atoms with Gasteiger partial charge >= 0.3 is 5.97 Å². The SMILES string of the molecule is O=C(O)CN(CC1CC1)S(=O)(=O)Cc1ccc(F)cc1. The zero-order valence-electron chi connectivity index (χ0n) is 10.8. The fraction of sp³-hybridized carbons (Fsp3) is 0.462. The van der Waals surface area contributed by atoms with E-state index < -0.39 is 28.4 Å². The Balaban J connectivity index is 2.11. The Morgan fingerprint density at radius 1 is 1.30 bits per heavy atom. The second-order valence-electron chi connectivity index (χ2n) is 5.01. The highest BCUT2D eigenvalue weighted by molar-refractivity contribution is 7.88. The third kappa shape index (κ3) is 4.28. The smallest absolute Gasteiger partial charge is 0.318 e. The Hall–Kier alpha value is -1.47. The molecule has 0 saturated heterocycles. The lowest BCUT2D eigenvalue weighted by atomic mass is 10.2. The van der Waals surface area contributed by atoms with Crippen LogP contribution in [-0.4, -0.2) is 36.9 Å².